The highest BCUT2D eigenvalue weighted by molar-refractivity contribution is 4.95. The first kappa shape index (κ1) is 11.4. The van der Waals surface area contributed by atoms with Crippen LogP contribution in [0.15, 0.2) is 0 Å². The van der Waals surface area contributed by atoms with Crippen LogP contribution in [-0.2, 0) is 0 Å². The molecule has 2 aliphatic carbocycles. The molecule has 3 N–H and O–H groups in total. The molecule has 0 amide bonds. The third-order valence-electron chi connectivity index (χ3n) is 4.73. The van der Waals surface area contributed by atoms with Crippen molar-refractivity contribution >= 4 is 0 Å². The zero-order valence-corrected chi connectivity index (χ0v) is 9.75. The Morgan fingerprint density at radius 2 is 1.67 bits per heavy atom. The van der Waals surface area contributed by atoms with E-state index in [1.54, 1.807) is 0 Å². The predicted octanol–water partition coefficient (Wildman–Crippen LogP) is 2.45. The van der Waals surface area contributed by atoms with Gasteiger partial charge < -0.3 is 10.8 Å². The van der Waals surface area contributed by atoms with Crippen LogP contribution in [0.3, 0.4) is 0 Å². The van der Waals surface area contributed by atoms with Crippen LogP contribution in [0, 0.1) is 11.3 Å². The lowest BCUT2D eigenvalue weighted by Gasteiger charge is -2.39. The normalized spacial score (nSPS) is 29.2. The lowest BCUT2D eigenvalue weighted by Crippen LogP contribution is -2.44. The summed E-state index contributed by atoms with van der Waals surface area (Å²) < 4.78 is 0. The highest BCUT2D eigenvalue weighted by Crippen LogP contribution is 2.45. The number of hydrogen-bond donors (Lipinski definition) is 2. The predicted molar refractivity (Wildman–Crippen MR) is 62.5 cm³/mol. The van der Waals surface area contributed by atoms with Gasteiger partial charge in [-0.2, -0.15) is 0 Å². The summed E-state index contributed by atoms with van der Waals surface area (Å²) in [6.07, 6.45) is 11.1. The molecule has 0 aromatic carbocycles. The molecule has 0 aliphatic heterocycles. The lowest BCUT2D eigenvalue weighted by atomic mass is 9.71. The van der Waals surface area contributed by atoms with Crippen molar-refractivity contribution in [2.45, 2.75) is 63.9 Å². The Hall–Kier alpha value is -0.0800. The molecule has 1 atom stereocenters. The monoisotopic (exact) mass is 211 g/mol. The molecule has 2 fully saturated rings. The van der Waals surface area contributed by atoms with E-state index >= 15 is 0 Å². The van der Waals surface area contributed by atoms with E-state index in [0.717, 1.165) is 12.8 Å². The van der Waals surface area contributed by atoms with Crippen LogP contribution < -0.4 is 5.73 Å². The van der Waals surface area contributed by atoms with Crippen molar-refractivity contribution in [3.8, 4) is 0 Å². The number of hydrogen-bond acceptors (Lipinski definition) is 2. The second-order valence-electron chi connectivity index (χ2n) is 5.62. The van der Waals surface area contributed by atoms with Gasteiger partial charge in [-0.25, -0.2) is 0 Å². The van der Waals surface area contributed by atoms with E-state index in [1.165, 1.54) is 44.9 Å². The number of aliphatic hydroxyl groups is 1. The molecule has 0 aromatic rings. The van der Waals surface area contributed by atoms with Gasteiger partial charge in [0.25, 0.3) is 0 Å². The summed E-state index contributed by atoms with van der Waals surface area (Å²) in [6, 6.07) is 0. The summed E-state index contributed by atoms with van der Waals surface area (Å²) in [5.41, 5.74) is 6.00. The quantitative estimate of drug-likeness (QED) is 0.753. The van der Waals surface area contributed by atoms with Gasteiger partial charge in [0.1, 0.15) is 0 Å². The molecule has 1 unspecified atom stereocenters. The molecule has 2 nitrogen and oxygen atoms in total. The third kappa shape index (κ3) is 2.21. The first-order valence-corrected chi connectivity index (χ1v) is 6.67. The minimum Gasteiger partial charge on any atom is -0.392 e. The molecular formula is C13H25NO. The van der Waals surface area contributed by atoms with Crippen molar-refractivity contribution in [3.63, 3.8) is 0 Å². The zero-order chi connectivity index (χ0) is 10.7. The maximum absolute atomic E-state index is 10.5. The molecule has 0 radical (unpaired) electrons. The summed E-state index contributed by atoms with van der Waals surface area (Å²) in [4.78, 5) is 0. The van der Waals surface area contributed by atoms with E-state index in [2.05, 4.69) is 0 Å². The minimum absolute atomic E-state index is 0.0853. The maximum Gasteiger partial charge on any atom is 0.0636 e. The Kier molecular flexibility index (Phi) is 3.68. The molecule has 2 aliphatic rings. The van der Waals surface area contributed by atoms with E-state index in [-0.39, 0.29) is 11.5 Å². The molecule has 2 heteroatoms. The van der Waals surface area contributed by atoms with Gasteiger partial charge in [0.05, 0.1) is 6.10 Å². The molecule has 0 bridgehead atoms. The Bertz CT molecular complexity index is 193. The fourth-order valence-corrected chi connectivity index (χ4v) is 3.65. The number of nitrogens with two attached hydrogens (primary N) is 1. The fourth-order valence-electron chi connectivity index (χ4n) is 3.65. The zero-order valence-electron chi connectivity index (χ0n) is 9.75. The van der Waals surface area contributed by atoms with Gasteiger partial charge in [0.2, 0.25) is 0 Å². The van der Waals surface area contributed by atoms with Crippen molar-refractivity contribution in [2.75, 3.05) is 6.54 Å². The third-order valence-corrected chi connectivity index (χ3v) is 4.73. The van der Waals surface area contributed by atoms with Gasteiger partial charge >= 0.3 is 0 Å². The van der Waals surface area contributed by atoms with Crippen LogP contribution >= 0.6 is 0 Å². The van der Waals surface area contributed by atoms with Crippen LogP contribution in [0.2, 0.25) is 0 Å². The first-order valence-electron chi connectivity index (χ1n) is 6.67. The summed E-state index contributed by atoms with van der Waals surface area (Å²) in [5.74, 6) is 0.542. The highest BCUT2D eigenvalue weighted by Gasteiger charge is 2.42. The van der Waals surface area contributed by atoms with Crippen molar-refractivity contribution < 1.29 is 5.11 Å². The van der Waals surface area contributed by atoms with E-state index < -0.39 is 0 Å². The Morgan fingerprint density at radius 3 is 2.20 bits per heavy atom. The van der Waals surface area contributed by atoms with E-state index in [9.17, 15) is 5.11 Å². The number of rotatable bonds is 3. The Labute approximate surface area is 93.2 Å². The van der Waals surface area contributed by atoms with Gasteiger partial charge in [-0.05, 0) is 31.6 Å². The van der Waals surface area contributed by atoms with Crippen LogP contribution in [0.4, 0.5) is 0 Å². The Morgan fingerprint density at radius 1 is 1.07 bits per heavy atom. The van der Waals surface area contributed by atoms with Crippen LogP contribution in [0.1, 0.15) is 57.8 Å². The topological polar surface area (TPSA) is 46.2 Å². The highest BCUT2D eigenvalue weighted by atomic mass is 16.3. The second-order valence-corrected chi connectivity index (χ2v) is 5.62. The van der Waals surface area contributed by atoms with Crippen LogP contribution in [0.5, 0.6) is 0 Å². The molecule has 2 rings (SSSR count). The average molecular weight is 211 g/mol. The summed E-state index contributed by atoms with van der Waals surface area (Å²) in [5, 5.41) is 10.5. The smallest absolute Gasteiger partial charge is 0.0636 e. The minimum atomic E-state index is -0.120. The molecule has 88 valence electrons. The van der Waals surface area contributed by atoms with Gasteiger partial charge in [-0.3, -0.25) is 0 Å². The maximum atomic E-state index is 10.5. The van der Waals surface area contributed by atoms with E-state index in [1.807, 2.05) is 0 Å². The lowest BCUT2D eigenvalue weighted by molar-refractivity contribution is -0.0233. The van der Waals surface area contributed by atoms with Gasteiger partial charge in [0.15, 0.2) is 0 Å². The molecule has 2 saturated carbocycles. The Balaban J connectivity index is 2.00. The van der Waals surface area contributed by atoms with Crippen molar-refractivity contribution in [1.29, 1.82) is 0 Å². The molecule has 15 heavy (non-hydrogen) atoms. The number of aliphatic hydroxyl groups excluding tert-OH is 1. The van der Waals surface area contributed by atoms with Crippen LogP contribution in [0.25, 0.3) is 0 Å². The van der Waals surface area contributed by atoms with Gasteiger partial charge in [-0.15, -0.1) is 0 Å². The summed E-state index contributed by atoms with van der Waals surface area (Å²) >= 11 is 0. The van der Waals surface area contributed by atoms with Crippen molar-refractivity contribution in [1.82, 2.24) is 0 Å². The second kappa shape index (κ2) is 4.84. The van der Waals surface area contributed by atoms with Crippen molar-refractivity contribution in [3.05, 3.63) is 0 Å². The summed E-state index contributed by atoms with van der Waals surface area (Å²) in [7, 11) is 0. The van der Waals surface area contributed by atoms with Crippen molar-refractivity contribution in [2.24, 2.45) is 17.1 Å². The van der Waals surface area contributed by atoms with Crippen LogP contribution in [-0.4, -0.2) is 17.8 Å². The largest absolute Gasteiger partial charge is 0.392 e. The fraction of sp³-hybridized carbons (Fsp3) is 1.00. The SMILES string of the molecule is NCC1(C(O)C2CCCCC2)CCCC1. The van der Waals surface area contributed by atoms with Gasteiger partial charge in [-0.1, -0.05) is 32.1 Å². The molecular weight excluding hydrogens is 186 g/mol. The molecule has 0 aromatic heterocycles. The standard InChI is InChI=1S/C13H25NO/c14-10-13(8-4-5-9-13)12(15)11-6-2-1-3-7-11/h11-12,15H,1-10,14H2. The van der Waals surface area contributed by atoms with E-state index in [0.29, 0.717) is 12.5 Å². The summed E-state index contributed by atoms with van der Waals surface area (Å²) in [6.45, 7) is 0.685. The van der Waals surface area contributed by atoms with E-state index in [4.69, 9.17) is 5.73 Å². The molecule has 0 heterocycles. The molecule has 0 spiro atoms. The molecule has 0 saturated heterocycles. The van der Waals surface area contributed by atoms with Gasteiger partial charge in [0, 0.05) is 12.0 Å². The first-order chi connectivity index (χ1) is 7.28. The average Bonchev–Trinajstić information content (AvgIpc) is 2.79.